The van der Waals surface area contributed by atoms with Crippen LogP contribution in [0, 0.1) is 0 Å². The maximum atomic E-state index is 12.5. The van der Waals surface area contributed by atoms with E-state index in [9.17, 15) is 9.90 Å². The molecule has 0 aliphatic carbocycles. The Morgan fingerprint density at radius 3 is 2.43 bits per heavy atom. The molecule has 0 aromatic carbocycles. The van der Waals surface area contributed by atoms with Gasteiger partial charge in [0.2, 0.25) is 0 Å². The second kappa shape index (κ2) is 6.15. The first-order valence-corrected chi connectivity index (χ1v) is 7.52. The molecule has 1 aliphatic rings. The SMILES string of the molecule is CC(O)CN1CCN(C(=O)c2cnn(C(C)(C)C)c2)CC1. The number of aliphatic hydroxyl groups is 1. The van der Waals surface area contributed by atoms with Crippen molar-refractivity contribution in [2.75, 3.05) is 32.7 Å². The Hall–Kier alpha value is -1.40. The number of hydrogen-bond acceptors (Lipinski definition) is 4. The first kappa shape index (κ1) is 16.0. The van der Waals surface area contributed by atoms with Gasteiger partial charge in [0.1, 0.15) is 0 Å². The van der Waals surface area contributed by atoms with E-state index in [1.807, 2.05) is 15.8 Å². The third-order valence-electron chi connectivity index (χ3n) is 3.70. The minimum absolute atomic E-state index is 0.0437. The number of aromatic nitrogens is 2. The molecule has 0 spiro atoms. The van der Waals surface area contributed by atoms with Crippen molar-refractivity contribution in [2.24, 2.45) is 0 Å². The summed E-state index contributed by atoms with van der Waals surface area (Å²) in [5.41, 5.74) is 0.531. The number of amides is 1. The van der Waals surface area contributed by atoms with Crippen molar-refractivity contribution in [1.82, 2.24) is 19.6 Å². The Bertz CT molecular complexity index is 482. The van der Waals surface area contributed by atoms with Crippen LogP contribution in [0.3, 0.4) is 0 Å². The van der Waals surface area contributed by atoms with Gasteiger partial charge in [0, 0.05) is 38.9 Å². The fraction of sp³-hybridized carbons (Fsp3) is 0.733. The maximum absolute atomic E-state index is 12.5. The first-order valence-electron chi connectivity index (χ1n) is 7.52. The molecule has 1 unspecified atom stereocenters. The summed E-state index contributed by atoms with van der Waals surface area (Å²) in [5.74, 6) is 0.0437. The van der Waals surface area contributed by atoms with Gasteiger partial charge in [0.25, 0.3) is 5.91 Å². The molecule has 6 heteroatoms. The summed E-state index contributed by atoms with van der Waals surface area (Å²) in [7, 11) is 0. The van der Waals surface area contributed by atoms with Crippen LogP contribution in [0.15, 0.2) is 12.4 Å². The molecule has 2 heterocycles. The average molecular weight is 294 g/mol. The Labute approximate surface area is 126 Å². The summed E-state index contributed by atoms with van der Waals surface area (Å²) in [6, 6.07) is 0. The van der Waals surface area contributed by atoms with Crippen LogP contribution >= 0.6 is 0 Å². The molecule has 0 bridgehead atoms. The largest absolute Gasteiger partial charge is 0.392 e. The molecular formula is C15H26N4O2. The van der Waals surface area contributed by atoms with E-state index < -0.39 is 0 Å². The summed E-state index contributed by atoms with van der Waals surface area (Å²) in [5, 5.41) is 13.7. The zero-order chi connectivity index (χ0) is 15.6. The first-order chi connectivity index (χ1) is 9.77. The minimum Gasteiger partial charge on any atom is -0.392 e. The lowest BCUT2D eigenvalue weighted by atomic mass is 10.1. The summed E-state index contributed by atoms with van der Waals surface area (Å²) in [6.07, 6.45) is 3.15. The zero-order valence-corrected chi connectivity index (χ0v) is 13.4. The predicted molar refractivity (Wildman–Crippen MR) is 81.2 cm³/mol. The van der Waals surface area contributed by atoms with Crippen LogP contribution in [0.1, 0.15) is 38.1 Å². The molecule has 1 aromatic heterocycles. The fourth-order valence-corrected chi connectivity index (χ4v) is 2.49. The van der Waals surface area contributed by atoms with Crippen LogP contribution in [-0.4, -0.2) is 69.4 Å². The van der Waals surface area contributed by atoms with E-state index in [0.29, 0.717) is 25.2 Å². The topological polar surface area (TPSA) is 61.6 Å². The number of aliphatic hydroxyl groups excluding tert-OH is 1. The van der Waals surface area contributed by atoms with Crippen molar-refractivity contribution in [1.29, 1.82) is 0 Å². The van der Waals surface area contributed by atoms with Gasteiger partial charge in [-0.15, -0.1) is 0 Å². The number of carbonyl (C=O) groups is 1. The Morgan fingerprint density at radius 1 is 1.33 bits per heavy atom. The highest BCUT2D eigenvalue weighted by Gasteiger charge is 2.24. The summed E-state index contributed by atoms with van der Waals surface area (Å²) < 4.78 is 1.82. The van der Waals surface area contributed by atoms with Gasteiger partial charge in [0.05, 0.1) is 23.4 Å². The van der Waals surface area contributed by atoms with E-state index >= 15 is 0 Å². The van der Waals surface area contributed by atoms with E-state index in [1.54, 1.807) is 13.1 Å². The van der Waals surface area contributed by atoms with Crippen molar-refractivity contribution >= 4 is 5.91 Å². The van der Waals surface area contributed by atoms with E-state index in [1.165, 1.54) is 0 Å². The smallest absolute Gasteiger partial charge is 0.257 e. The van der Waals surface area contributed by atoms with Crippen LogP contribution in [0.5, 0.6) is 0 Å². The van der Waals surface area contributed by atoms with Gasteiger partial charge in [-0.3, -0.25) is 14.4 Å². The monoisotopic (exact) mass is 294 g/mol. The number of hydrogen-bond donors (Lipinski definition) is 1. The van der Waals surface area contributed by atoms with Crippen LogP contribution in [-0.2, 0) is 5.54 Å². The predicted octanol–water partition coefficient (Wildman–Crippen LogP) is 0.777. The Morgan fingerprint density at radius 2 is 1.95 bits per heavy atom. The molecule has 1 N–H and O–H groups in total. The highest BCUT2D eigenvalue weighted by Crippen LogP contribution is 2.15. The van der Waals surface area contributed by atoms with Gasteiger partial charge >= 0.3 is 0 Å². The lowest BCUT2D eigenvalue weighted by Crippen LogP contribution is -2.50. The van der Waals surface area contributed by atoms with Gasteiger partial charge < -0.3 is 10.0 Å². The summed E-state index contributed by atoms with van der Waals surface area (Å²) in [6.45, 7) is 11.7. The van der Waals surface area contributed by atoms with Crippen molar-refractivity contribution in [2.45, 2.75) is 39.3 Å². The van der Waals surface area contributed by atoms with Crippen LogP contribution in [0.2, 0.25) is 0 Å². The van der Waals surface area contributed by atoms with Crippen molar-refractivity contribution in [3.63, 3.8) is 0 Å². The van der Waals surface area contributed by atoms with E-state index in [0.717, 1.165) is 13.1 Å². The highest BCUT2D eigenvalue weighted by atomic mass is 16.3. The van der Waals surface area contributed by atoms with E-state index in [-0.39, 0.29) is 17.6 Å². The Balaban J connectivity index is 1.94. The van der Waals surface area contributed by atoms with Crippen LogP contribution in [0.25, 0.3) is 0 Å². The normalized spacial score (nSPS) is 18.8. The second-order valence-corrected chi connectivity index (χ2v) is 6.79. The number of piperazine rings is 1. The number of β-amino-alcohol motifs (C(OH)–C–C–N with tert-alkyl or cyclic N) is 1. The zero-order valence-electron chi connectivity index (χ0n) is 13.4. The number of rotatable bonds is 3. The third kappa shape index (κ3) is 4.04. The molecule has 0 radical (unpaired) electrons. The van der Waals surface area contributed by atoms with Gasteiger partial charge in [-0.25, -0.2) is 0 Å². The van der Waals surface area contributed by atoms with Crippen LogP contribution in [0.4, 0.5) is 0 Å². The highest BCUT2D eigenvalue weighted by molar-refractivity contribution is 5.93. The second-order valence-electron chi connectivity index (χ2n) is 6.79. The number of nitrogens with zero attached hydrogens (tertiary/aromatic N) is 4. The quantitative estimate of drug-likeness (QED) is 0.895. The molecule has 1 amide bonds. The molecule has 21 heavy (non-hydrogen) atoms. The molecule has 2 rings (SSSR count). The fourth-order valence-electron chi connectivity index (χ4n) is 2.49. The van der Waals surface area contributed by atoms with Crippen molar-refractivity contribution < 1.29 is 9.90 Å². The molecule has 1 saturated heterocycles. The van der Waals surface area contributed by atoms with Gasteiger partial charge in [-0.05, 0) is 27.7 Å². The lowest BCUT2D eigenvalue weighted by molar-refractivity contribution is 0.0554. The molecule has 6 nitrogen and oxygen atoms in total. The molecule has 1 aromatic rings. The van der Waals surface area contributed by atoms with Gasteiger partial charge in [0.15, 0.2) is 0 Å². The molecule has 1 atom stereocenters. The van der Waals surface area contributed by atoms with E-state index in [4.69, 9.17) is 0 Å². The van der Waals surface area contributed by atoms with E-state index in [2.05, 4.69) is 30.8 Å². The lowest BCUT2D eigenvalue weighted by Gasteiger charge is -2.35. The van der Waals surface area contributed by atoms with Crippen molar-refractivity contribution in [3.8, 4) is 0 Å². The third-order valence-corrected chi connectivity index (χ3v) is 3.70. The summed E-state index contributed by atoms with van der Waals surface area (Å²) in [4.78, 5) is 16.5. The Kier molecular flexibility index (Phi) is 4.68. The summed E-state index contributed by atoms with van der Waals surface area (Å²) >= 11 is 0. The number of carbonyl (C=O) groups excluding carboxylic acids is 1. The standard InChI is InChI=1S/C15H26N4O2/c1-12(20)10-17-5-7-18(8-6-17)14(21)13-9-16-19(11-13)15(2,3)4/h9,11-12,20H,5-8,10H2,1-4H3. The average Bonchev–Trinajstić information content (AvgIpc) is 2.87. The molecule has 118 valence electrons. The minimum atomic E-state index is -0.322. The molecule has 1 aliphatic heterocycles. The van der Waals surface area contributed by atoms with Crippen molar-refractivity contribution in [3.05, 3.63) is 18.0 Å². The van der Waals surface area contributed by atoms with Gasteiger partial charge in [-0.2, -0.15) is 5.10 Å². The molecular weight excluding hydrogens is 268 g/mol. The van der Waals surface area contributed by atoms with Crippen LogP contribution < -0.4 is 0 Å². The molecule has 0 saturated carbocycles. The molecule has 1 fully saturated rings. The maximum Gasteiger partial charge on any atom is 0.257 e. The van der Waals surface area contributed by atoms with Gasteiger partial charge in [-0.1, -0.05) is 0 Å².